The Morgan fingerprint density at radius 2 is 0.694 bits per heavy atom. The van der Waals surface area contributed by atoms with Gasteiger partial charge in [-0.25, -0.2) is 0 Å². The smallest absolute Gasteiger partial charge is 0.160 e. The lowest BCUT2D eigenvalue weighted by atomic mass is 9.66. The summed E-state index contributed by atoms with van der Waals surface area (Å²) in [7, 11) is 0. The van der Waals surface area contributed by atoms with Crippen molar-refractivity contribution in [1.29, 1.82) is 0 Å². The van der Waals surface area contributed by atoms with Crippen molar-refractivity contribution < 1.29 is 8.83 Å². The number of hydrogen-bond donors (Lipinski definition) is 0. The number of nitrogens with zero attached hydrogens (tertiary/aromatic N) is 2. The van der Waals surface area contributed by atoms with Gasteiger partial charge in [-0.1, -0.05) is 223 Å². The molecule has 0 N–H and O–H groups in total. The Bertz CT molecular complexity index is 4710. The summed E-state index contributed by atoms with van der Waals surface area (Å²) < 4.78 is 14.3. The molecule has 0 amide bonds. The van der Waals surface area contributed by atoms with Gasteiger partial charge >= 0.3 is 0 Å². The molecule has 420 valence electrons. The van der Waals surface area contributed by atoms with Gasteiger partial charge in [0.15, 0.2) is 5.58 Å². The SMILES string of the molecule is CC(C)(C)c1ccc(N(c2ccccc2)c2cc3c(c4ccccc24)-c2c(cc(N(c4ccccc4)c4ccc(C(C)(C)C)cc4)c4oc5ccccc5c24)C3(c2ccc(C(C)(C)C)cc2)c2ccc3oc4ccc(C(C)(C)C)cc4c3c2)cc1. The first-order valence-electron chi connectivity index (χ1n) is 30.2. The molecule has 1 aliphatic rings. The highest BCUT2D eigenvalue weighted by Crippen LogP contribution is 2.64. The van der Waals surface area contributed by atoms with E-state index >= 15 is 0 Å². The van der Waals surface area contributed by atoms with Crippen molar-refractivity contribution in [1.82, 2.24) is 0 Å². The van der Waals surface area contributed by atoms with Gasteiger partial charge in [0.05, 0.1) is 16.8 Å². The molecule has 14 rings (SSSR count). The summed E-state index contributed by atoms with van der Waals surface area (Å²) in [5.74, 6) is 0. The average molecular weight is 1110 g/mol. The summed E-state index contributed by atoms with van der Waals surface area (Å²) in [6.45, 7) is 27.5. The van der Waals surface area contributed by atoms with E-state index in [1.807, 2.05) is 0 Å². The second-order valence-corrected chi connectivity index (χ2v) is 27.8. The number of hydrogen-bond acceptors (Lipinski definition) is 4. The van der Waals surface area contributed by atoms with Crippen LogP contribution < -0.4 is 9.80 Å². The first-order valence-corrected chi connectivity index (χ1v) is 30.2. The molecule has 1 aliphatic carbocycles. The minimum atomic E-state index is -0.947. The van der Waals surface area contributed by atoms with Gasteiger partial charge in [0.25, 0.3) is 0 Å². The molecule has 0 fully saturated rings. The third-order valence-corrected chi connectivity index (χ3v) is 18.2. The van der Waals surface area contributed by atoms with E-state index in [4.69, 9.17) is 8.83 Å². The number of fused-ring (bicyclic) bond motifs is 12. The first kappa shape index (κ1) is 53.9. The van der Waals surface area contributed by atoms with Gasteiger partial charge in [-0.3, -0.25) is 0 Å². The van der Waals surface area contributed by atoms with E-state index in [0.29, 0.717) is 0 Å². The highest BCUT2D eigenvalue weighted by Gasteiger charge is 2.50. The highest BCUT2D eigenvalue weighted by atomic mass is 16.3. The second kappa shape index (κ2) is 19.5. The van der Waals surface area contributed by atoms with Crippen LogP contribution in [0.5, 0.6) is 0 Å². The normalized spacial score (nSPS) is 14.6. The van der Waals surface area contributed by atoms with E-state index in [1.165, 1.54) is 55.5 Å². The van der Waals surface area contributed by atoms with Gasteiger partial charge < -0.3 is 18.6 Å². The van der Waals surface area contributed by atoms with Crippen LogP contribution in [-0.4, -0.2) is 0 Å². The maximum absolute atomic E-state index is 7.45. The van der Waals surface area contributed by atoms with Crippen molar-refractivity contribution in [2.24, 2.45) is 0 Å². The zero-order valence-corrected chi connectivity index (χ0v) is 51.2. The van der Waals surface area contributed by atoms with E-state index in [-0.39, 0.29) is 21.7 Å². The van der Waals surface area contributed by atoms with Gasteiger partial charge in [-0.05, 0) is 174 Å². The Morgan fingerprint density at radius 1 is 0.294 bits per heavy atom. The van der Waals surface area contributed by atoms with Crippen LogP contribution >= 0.6 is 0 Å². The largest absolute Gasteiger partial charge is 0.456 e. The molecule has 0 spiro atoms. The quantitative estimate of drug-likeness (QED) is 0.152. The van der Waals surface area contributed by atoms with Crippen molar-refractivity contribution in [3.63, 3.8) is 0 Å². The molecule has 4 heteroatoms. The summed E-state index contributed by atoms with van der Waals surface area (Å²) in [6.07, 6.45) is 0. The Kier molecular flexibility index (Phi) is 12.3. The molecule has 13 aromatic rings. The molecule has 85 heavy (non-hydrogen) atoms. The predicted molar refractivity (Wildman–Crippen MR) is 360 cm³/mol. The van der Waals surface area contributed by atoms with Crippen LogP contribution in [0.15, 0.2) is 239 Å². The lowest BCUT2D eigenvalue weighted by Gasteiger charge is -2.36. The van der Waals surface area contributed by atoms with Crippen molar-refractivity contribution in [3.05, 3.63) is 275 Å². The van der Waals surface area contributed by atoms with Crippen molar-refractivity contribution in [2.45, 2.75) is 110 Å². The summed E-state index contributed by atoms with van der Waals surface area (Å²) in [6, 6.07) is 86.5. The molecule has 1 atom stereocenters. The Labute approximate surface area is 501 Å². The zero-order chi connectivity index (χ0) is 59.0. The molecule has 1 unspecified atom stereocenters. The van der Waals surface area contributed by atoms with Crippen LogP contribution in [0.4, 0.5) is 34.1 Å². The summed E-state index contributed by atoms with van der Waals surface area (Å²) >= 11 is 0. The topological polar surface area (TPSA) is 32.8 Å². The molecule has 2 heterocycles. The average Bonchev–Trinajstić information content (AvgIpc) is 1.53. The van der Waals surface area contributed by atoms with Crippen LogP contribution in [0.1, 0.15) is 128 Å². The van der Waals surface area contributed by atoms with E-state index in [1.54, 1.807) is 0 Å². The molecule has 0 saturated heterocycles. The monoisotopic (exact) mass is 1110 g/mol. The fourth-order valence-corrected chi connectivity index (χ4v) is 13.6. The number of para-hydroxylation sites is 3. The van der Waals surface area contributed by atoms with Crippen LogP contribution in [0.2, 0.25) is 0 Å². The third kappa shape index (κ3) is 8.78. The van der Waals surface area contributed by atoms with Crippen LogP contribution in [0.3, 0.4) is 0 Å². The molecule has 4 nitrogen and oxygen atoms in total. The third-order valence-electron chi connectivity index (χ3n) is 18.2. The van der Waals surface area contributed by atoms with Crippen molar-refractivity contribution in [3.8, 4) is 11.1 Å². The van der Waals surface area contributed by atoms with E-state index in [9.17, 15) is 0 Å². The lowest BCUT2D eigenvalue weighted by molar-refractivity contribution is 0.589. The summed E-state index contributed by atoms with van der Waals surface area (Å²) in [4.78, 5) is 4.91. The van der Waals surface area contributed by atoms with Crippen LogP contribution in [0, 0.1) is 0 Å². The predicted octanol–water partition coefficient (Wildman–Crippen LogP) is 23.1. The molecular formula is C81H74N2O2. The number of furan rings is 2. The minimum Gasteiger partial charge on any atom is -0.456 e. The van der Waals surface area contributed by atoms with Gasteiger partial charge in [0.1, 0.15) is 16.7 Å². The fourth-order valence-electron chi connectivity index (χ4n) is 13.6. The molecule has 0 bridgehead atoms. The van der Waals surface area contributed by atoms with Crippen molar-refractivity contribution >= 4 is 88.8 Å². The Hall–Kier alpha value is -9.12. The first-order chi connectivity index (χ1) is 40.7. The second-order valence-electron chi connectivity index (χ2n) is 27.8. The minimum absolute atomic E-state index is 0.0204. The van der Waals surface area contributed by atoms with E-state index in [0.717, 1.165) is 89.0 Å². The van der Waals surface area contributed by atoms with Gasteiger partial charge in [-0.2, -0.15) is 0 Å². The number of benzene rings is 11. The Morgan fingerprint density at radius 3 is 1.25 bits per heavy atom. The van der Waals surface area contributed by atoms with Crippen molar-refractivity contribution in [2.75, 3.05) is 9.80 Å². The highest BCUT2D eigenvalue weighted by molar-refractivity contribution is 6.24. The molecule has 2 aromatic heterocycles. The molecular weight excluding hydrogens is 1030 g/mol. The fraction of sp³-hybridized carbons (Fsp3) is 0.210. The summed E-state index contributed by atoms with van der Waals surface area (Å²) in [5, 5.41) is 6.67. The zero-order valence-electron chi connectivity index (χ0n) is 51.2. The maximum atomic E-state index is 7.45. The molecule has 11 aromatic carbocycles. The van der Waals surface area contributed by atoms with Crippen LogP contribution in [0.25, 0.3) is 65.8 Å². The number of rotatable bonds is 8. The van der Waals surface area contributed by atoms with Crippen LogP contribution in [-0.2, 0) is 27.1 Å². The molecule has 0 aliphatic heterocycles. The number of anilines is 6. The standard InChI is InChI=1S/C81H74N2O2/c1-77(2,3)51-31-33-54(34-32-51)81(56-40-46-72-65(48-56)64-47-55(80(10,11)12)39-45-71(64)84-72)66-49-68(82(57-23-15-13-16-24-57)59-41-35-52(36-42-59)78(4,5)6)61-27-19-20-28-62(61)73(66)75-67(81)50-69(76-74(75)63-29-21-22-30-70(63)85-76)83(58-25-17-14-18-26-58)60-43-37-53(38-44-60)79(7,8)9/h13-50H,1-12H3. The van der Waals surface area contributed by atoms with E-state index < -0.39 is 5.41 Å². The Balaban J connectivity index is 1.20. The molecule has 0 radical (unpaired) electrons. The molecule has 0 saturated carbocycles. The van der Waals surface area contributed by atoms with Gasteiger partial charge in [0.2, 0.25) is 0 Å². The lowest BCUT2D eigenvalue weighted by Crippen LogP contribution is -2.29. The summed E-state index contributed by atoms with van der Waals surface area (Å²) in [5.41, 5.74) is 20.7. The van der Waals surface area contributed by atoms with Gasteiger partial charge in [-0.15, -0.1) is 0 Å². The van der Waals surface area contributed by atoms with Gasteiger partial charge in [0, 0.05) is 49.7 Å². The van der Waals surface area contributed by atoms with E-state index in [2.05, 4.69) is 323 Å². The maximum Gasteiger partial charge on any atom is 0.160 e.